The predicted octanol–water partition coefficient (Wildman–Crippen LogP) is 13.5. The van der Waals surface area contributed by atoms with Crippen LogP contribution in [0.15, 0.2) is 109 Å². The molecule has 286 valence electrons. The number of fused-ring (bicyclic) bond motifs is 1. The molecule has 2 saturated heterocycles. The zero-order chi connectivity index (χ0) is 39.0. The van der Waals surface area contributed by atoms with E-state index in [1.165, 1.54) is 49.9 Å². The van der Waals surface area contributed by atoms with E-state index in [1.807, 2.05) is 12.2 Å². The number of benzene rings is 5. The lowest BCUT2D eigenvalue weighted by molar-refractivity contribution is 0.0300. The first-order valence-corrected chi connectivity index (χ1v) is 21.0. The van der Waals surface area contributed by atoms with Gasteiger partial charge in [0.05, 0.1) is 25.7 Å². The highest BCUT2D eigenvalue weighted by molar-refractivity contribution is 6.53. The molecule has 0 aliphatic carbocycles. The number of rotatable bonds is 8. The van der Waals surface area contributed by atoms with Gasteiger partial charge in [0.2, 0.25) is 0 Å². The molecule has 56 heavy (non-hydrogen) atoms. The third-order valence-electron chi connectivity index (χ3n) is 11.4. The normalized spacial score (nSPS) is 18.9. The first kappa shape index (κ1) is 38.7. The van der Waals surface area contributed by atoms with Crippen molar-refractivity contribution in [2.24, 2.45) is 0 Å². The van der Waals surface area contributed by atoms with Crippen LogP contribution in [0.25, 0.3) is 11.1 Å². The Hall–Kier alpha value is -4.19. The molecule has 0 unspecified atom stereocenters. The van der Waals surface area contributed by atoms with E-state index in [2.05, 4.69) is 121 Å². The van der Waals surface area contributed by atoms with Crippen molar-refractivity contribution in [3.63, 3.8) is 0 Å². The zero-order valence-corrected chi connectivity index (χ0v) is 34.7. The number of aryl methyl sites for hydroxylation is 2. The molecule has 0 radical (unpaired) electrons. The van der Waals surface area contributed by atoms with Crippen molar-refractivity contribution in [1.82, 2.24) is 0 Å². The van der Waals surface area contributed by atoms with E-state index in [4.69, 9.17) is 51.1 Å². The standard InChI is InChI=1S/C48H44Cl4N2O2/c1-31-9-13-33(14-10-31)39(35-17-21-37(22-18-35)53-25-5-3-6-26-53)29-48(42-41(47(55)56-48)43(49)45(51)46(52)44(42)50)30-40(34-15-11-32(2)12-16-34)36-19-23-38(24-20-36)54-27-7-4-8-28-54/h9-24,29-30H,3-8,25-28H2,1-2H3. The summed E-state index contributed by atoms with van der Waals surface area (Å²) in [4.78, 5) is 19.1. The number of carbonyl (C=O) groups is 1. The molecule has 0 spiro atoms. The Bertz CT molecular complexity index is 2180. The van der Waals surface area contributed by atoms with E-state index in [9.17, 15) is 4.79 Å². The number of piperidine rings is 2. The number of hydrogen-bond acceptors (Lipinski definition) is 4. The molecule has 5 aromatic carbocycles. The van der Waals surface area contributed by atoms with E-state index in [0.29, 0.717) is 5.56 Å². The van der Waals surface area contributed by atoms with Crippen molar-refractivity contribution >= 4 is 74.9 Å². The van der Waals surface area contributed by atoms with Gasteiger partial charge in [0, 0.05) is 43.1 Å². The molecule has 8 rings (SSSR count). The lowest BCUT2D eigenvalue weighted by atomic mass is 9.82. The van der Waals surface area contributed by atoms with Gasteiger partial charge < -0.3 is 14.5 Å². The summed E-state index contributed by atoms with van der Waals surface area (Å²) in [6.07, 6.45) is 11.3. The van der Waals surface area contributed by atoms with E-state index < -0.39 is 11.6 Å². The summed E-state index contributed by atoms with van der Waals surface area (Å²) in [5, 5.41) is 0.195. The monoisotopic (exact) mass is 820 g/mol. The van der Waals surface area contributed by atoms with Crippen LogP contribution in [0.1, 0.15) is 87.8 Å². The fraction of sp³-hybridized carbons (Fsp3) is 0.271. The van der Waals surface area contributed by atoms with Gasteiger partial charge in [0.1, 0.15) is 0 Å². The highest BCUT2D eigenvalue weighted by Gasteiger charge is 2.48. The molecule has 0 bridgehead atoms. The van der Waals surface area contributed by atoms with Crippen LogP contribution in [0.3, 0.4) is 0 Å². The Morgan fingerprint density at radius 3 is 1.27 bits per heavy atom. The Morgan fingerprint density at radius 2 is 0.875 bits per heavy atom. The molecule has 3 aliphatic rings. The third-order valence-corrected chi connectivity index (χ3v) is 13.2. The van der Waals surface area contributed by atoms with Crippen molar-refractivity contribution in [3.8, 4) is 0 Å². The molecule has 0 saturated carbocycles. The van der Waals surface area contributed by atoms with E-state index in [-0.39, 0.29) is 25.7 Å². The first-order chi connectivity index (χ1) is 27.1. The minimum Gasteiger partial charge on any atom is -0.442 e. The maximum absolute atomic E-state index is 14.2. The molecule has 0 N–H and O–H groups in total. The van der Waals surface area contributed by atoms with Crippen LogP contribution < -0.4 is 9.80 Å². The van der Waals surface area contributed by atoms with Crippen LogP contribution in [0, 0.1) is 13.8 Å². The summed E-state index contributed by atoms with van der Waals surface area (Å²) in [5.41, 5.74) is 9.06. The van der Waals surface area contributed by atoms with Gasteiger partial charge in [-0.1, -0.05) is 130 Å². The third kappa shape index (κ3) is 7.62. The Labute approximate surface area is 350 Å². The van der Waals surface area contributed by atoms with Crippen LogP contribution in [0.2, 0.25) is 20.1 Å². The second-order valence-electron chi connectivity index (χ2n) is 15.2. The second kappa shape index (κ2) is 16.3. The van der Waals surface area contributed by atoms with Crippen molar-refractivity contribution in [3.05, 3.63) is 174 Å². The van der Waals surface area contributed by atoms with Gasteiger partial charge in [-0.05, 0) is 122 Å². The molecule has 0 amide bonds. The quantitative estimate of drug-likeness (QED) is 0.0887. The minimum absolute atomic E-state index is 0.00952. The van der Waals surface area contributed by atoms with Gasteiger partial charge in [0.15, 0.2) is 5.60 Å². The highest BCUT2D eigenvalue weighted by Crippen LogP contribution is 2.53. The number of halogens is 4. The summed E-state index contributed by atoms with van der Waals surface area (Å²) in [5.74, 6) is -0.634. The molecule has 5 aromatic rings. The number of nitrogens with zero attached hydrogens (tertiary/aromatic N) is 2. The first-order valence-electron chi connectivity index (χ1n) is 19.5. The number of esters is 1. The Kier molecular flexibility index (Phi) is 11.3. The summed E-state index contributed by atoms with van der Waals surface area (Å²) in [6.45, 7) is 8.32. The molecular weight excluding hydrogens is 778 g/mol. The van der Waals surface area contributed by atoms with Crippen molar-refractivity contribution in [1.29, 1.82) is 0 Å². The van der Waals surface area contributed by atoms with Crippen LogP contribution >= 0.6 is 46.4 Å². The average Bonchev–Trinajstić information content (AvgIpc) is 3.53. The average molecular weight is 823 g/mol. The summed E-state index contributed by atoms with van der Waals surface area (Å²) in [6, 6.07) is 34.1. The van der Waals surface area contributed by atoms with Crippen LogP contribution in [0.4, 0.5) is 11.4 Å². The van der Waals surface area contributed by atoms with Gasteiger partial charge in [-0.25, -0.2) is 4.79 Å². The molecule has 3 heterocycles. The molecule has 4 nitrogen and oxygen atoms in total. The molecule has 0 atom stereocenters. The van der Waals surface area contributed by atoms with Crippen LogP contribution in [0.5, 0.6) is 0 Å². The van der Waals surface area contributed by atoms with Crippen LogP contribution in [-0.4, -0.2) is 32.1 Å². The minimum atomic E-state index is -1.56. The summed E-state index contributed by atoms with van der Waals surface area (Å²) in [7, 11) is 0. The van der Waals surface area contributed by atoms with Crippen molar-refractivity contribution < 1.29 is 9.53 Å². The fourth-order valence-electron chi connectivity index (χ4n) is 8.26. The Balaban J connectivity index is 1.39. The van der Waals surface area contributed by atoms with Crippen molar-refractivity contribution in [2.75, 3.05) is 36.0 Å². The van der Waals surface area contributed by atoms with Crippen molar-refractivity contribution in [2.45, 2.75) is 58.0 Å². The highest BCUT2D eigenvalue weighted by atomic mass is 35.5. The number of hydrogen-bond donors (Lipinski definition) is 0. The topological polar surface area (TPSA) is 32.8 Å². The van der Waals surface area contributed by atoms with E-state index >= 15 is 0 Å². The van der Waals surface area contributed by atoms with Gasteiger partial charge in [-0.3, -0.25) is 0 Å². The smallest absolute Gasteiger partial charge is 0.341 e. The van der Waals surface area contributed by atoms with E-state index in [0.717, 1.165) is 70.7 Å². The molecular formula is C48H44Cl4N2O2. The van der Waals surface area contributed by atoms with Gasteiger partial charge in [-0.15, -0.1) is 0 Å². The SMILES string of the molecule is Cc1ccc(C(=CC2(C=C(c3ccc(C)cc3)c3ccc(N4CCCCC4)cc3)OC(=O)c3c(Cl)c(Cl)c(Cl)c(Cl)c32)c2ccc(N3CCCCC3)cc2)cc1. The van der Waals surface area contributed by atoms with Gasteiger partial charge in [-0.2, -0.15) is 0 Å². The fourth-order valence-corrected chi connectivity index (χ4v) is 9.34. The number of carbonyl (C=O) groups excluding carboxylic acids is 1. The molecule has 3 aliphatic heterocycles. The summed E-state index contributed by atoms with van der Waals surface area (Å²) >= 11 is 27.5. The van der Waals surface area contributed by atoms with Gasteiger partial charge in [0.25, 0.3) is 0 Å². The number of ether oxygens (including phenoxy) is 1. The maximum Gasteiger partial charge on any atom is 0.341 e. The lowest BCUT2D eigenvalue weighted by Gasteiger charge is -2.30. The maximum atomic E-state index is 14.2. The van der Waals surface area contributed by atoms with Gasteiger partial charge >= 0.3 is 5.97 Å². The number of cyclic esters (lactones) is 1. The number of anilines is 2. The lowest BCUT2D eigenvalue weighted by Crippen LogP contribution is -2.29. The molecule has 2 fully saturated rings. The predicted molar refractivity (Wildman–Crippen MR) is 235 cm³/mol. The zero-order valence-electron chi connectivity index (χ0n) is 31.7. The summed E-state index contributed by atoms with van der Waals surface area (Å²) < 4.78 is 6.63. The van der Waals surface area contributed by atoms with E-state index in [1.54, 1.807) is 0 Å². The molecule has 0 aromatic heterocycles. The second-order valence-corrected chi connectivity index (χ2v) is 16.7. The molecule has 8 heteroatoms. The largest absolute Gasteiger partial charge is 0.442 e. The Morgan fingerprint density at radius 1 is 0.518 bits per heavy atom. The van der Waals surface area contributed by atoms with Crippen LogP contribution in [-0.2, 0) is 10.3 Å².